The zero-order valence-corrected chi connectivity index (χ0v) is 13.9. The van der Waals surface area contributed by atoms with Gasteiger partial charge in [0.2, 0.25) is 0 Å². The van der Waals surface area contributed by atoms with Crippen molar-refractivity contribution in [2.75, 3.05) is 6.54 Å². The Hall–Kier alpha value is -2.54. The van der Waals surface area contributed by atoms with E-state index in [1.165, 1.54) is 12.1 Å². The summed E-state index contributed by atoms with van der Waals surface area (Å²) in [6.45, 7) is 3.04. The summed E-state index contributed by atoms with van der Waals surface area (Å²) >= 11 is 0. The Balaban J connectivity index is 1.84. The molecule has 0 amide bonds. The first-order valence-electron chi connectivity index (χ1n) is 8.20. The lowest BCUT2D eigenvalue weighted by Crippen LogP contribution is -2.31. The van der Waals surface area contributed by atoms with E-state index in [2.05, 4.69) is 10.1 Å². The predicted octanol–water partition coefficient (Wildman–Crippen LogP) is 5.09. The molecular weight excluding hydrogens is 348 g/mol. The maximum absolute atomic E-state index is 14.4. The van der Waals surface area contributed by atoms with Crippen LogP contribution in [-0.4, -0.2) is 17.5 Å². The first-order valence-corrected chi connectivity index (χ1v) is 8.20. The van der Waals surface area contributed by atoms with E-state index in [0.717, 1.165) is 27.6 Å². The molecule has 4 rings (SSSR count). The van der Waals surface area contributed by atoms with Gasteiger partial charge in [0.1, 0.15) is 5.75 Å². The van der Waals surface area contributed by atoms with Crippen molar-refractivity contribution in [1.29, 1.82) is 0 Å². The Bertz CT molecular complexity index is 960. The minimum atomic E-state index is -4.72. The molecular formula is C19H16F4N2O. The van der Waals surface area contributed by atoms with Gasteiger partial charge in [0.25, 0.3) is 0 Å². The summed E-state index contributed by atoms with van der Waals surface area (Å²) in [4.78, 5) is 0. The molecule has 3 nitrogen and oxygen atoms in total. The molecule has 1 aliphatic rings. The Morgan fingerprint density at radius 1 is 1.12 bits per heavy atom. The van der Waals surface area contributed by atoms with Crippen molar-refractivity contribution >= 4 is 10.9 Å². The molecule has 0 aliphatic carbocycles. The molecule has 0 radical (unpaired) electrons. The molecule has 2 heterocycles. The molecule has 0 fully saturated rings. The summed E-state index contributed by atoms with van der Waals surface area (Å²) in [7, 11) is 0. The van der Waals surface area contributed by atoms with Gasteiger partial charge in [-0.15, -0.1) is 13.2 Å². The lowest BCUT2D eigenvalue weighted by atomic mass is 10.0. The summed E-state index contributed by atoms with van der Waals surface area (Å²) in [6, 6.07) is 11.4. The quantitative estimate of drug-likeness (QED) is 0.507. The number of alkyl halides is 4. The number of aromatic nitrogens is 1. The van der Waals surface area contributed by atoms with Crippen molar-refractivity contribution in [1.82, 2.24) is 9.88 Å². The van der Waals surface area contributed by atoms with Crippen LogP contribution in [0.5, 0.6) is 5.75 Å². The van der Waals surface area contributed by atoms with E-state index in [1.54, 1.807) is 12.1 Å². The summed E-state index contributed by atoms with van der Waals surface area (Å²) in [5, 5.41) is 3.76. The second-order valence-electron chi connectivity index (χ2n) is 6.25. The minimum Gasteiger partial charge on any atom is -0.406 e. The van der Waals surface area contributed by atoms with Crippen LogP contribution in [-0.2, 0) is 6.54 Å². The van der Waals surface area contributed by atoms with E-state index in [1.807, 2.05) is 29.7 Å². The van der Waals surface area contributed by atoms with Gasteiger partial charge in [-0.25, -0.2) is 4.39 Å². The van der Waals surface area contributed by atoms with Crippen LogP contribution in [0.2, 0.25) is 0 Å². The third kappa shape index (κ3) is 2.82. The van der Waals surface area contributed by atoms with E-state index in [0.29, 0.717) is 18.8 Å². The van der Waals surface area contributed by atoms with Gasteiger partial charge in [-0.05, 0) is 30.2 Å². The van der Waals surface area contributed by atoms with Crippen LogP contribution in [0.15, 0.2) is 42.5 Å². The number of benzene rings is 2. The highest BCUT2D eigenvalue weighted by atomic mass is 19.4. The molecule has 0 spiro atoms. The molecule has 1 unspecified atom stereocenters. The summed E-state index contributed by atoms with van der Waals surface area (Å²) in [5.41, 5.74) is 3.98. The van der Waals surface area contributed by atoms with Crippen molar-refractivity contribution < 1.29 is 22.3 Å². The van der Waals surface area contributed by atoms with Crippen LogP contribution in [0.25, 0.3) is 22.0 Å². The number of aryl methyl sites for hydroxylation is 1. The van der Waals surface area contributed by atoms with E-state index < -0.39 is 12.7 Å². The fraction of sp³-hybridized carbons (Fsp3) is 0.263. The van der Waals surface area contributed by atoms with Crippen molar-refractivity contribution in [2.24, 2.45) is 0 Å². The van der Waals surface area contributed by atoms with Gasteiger partial charge in [0, 0.05) is 24.0 Å². The molecule has 136 valence electrons. The van der Waals surface area contributed by atoms with Crippen LogP contribution in [0.4, 0.5) is 17.6 Å². The number of ether oxygens (including phenoxy) is 1. The fourth-order valence-electron chi connectivity index (χ4n) is 3.63. The Labute approximate surface area is 147 Å². The van der Waals surface area contributed by atoms with Crippen LogP contribution < -0.4 is 10.1 Å². The lowest BCUT2D eigenvalue weighted by Gasteiger charge is -2.22. The smallest absolute Gasteiger partial charge is 0.406 e. The summed E-state index contributed by atoms with van der Waals surface area (Å²) in [5.74, 6) is -0.269. The van der Waals surface area contributed by atoms with E-state index in [9.17, 15) is 17.6 Å². The van der Waals surface area contributed by atoms with Crippen molar-refractivity contribution in [3.63, 3.8) is 0 Å². The van der Waals surface area contributed by atoms with Gasteiger partial charge in [-0.1, -0.05) is 30.3 Å². The molecule has 7 heteroatoms. The average Bonchev–Trinajstić information content (AvgIpc) is 2.89. The molecule has 1 aromatic heterocycles. The molecule has 2 aromatic carbocycles. The van der Waals surface area contributed by atoms with Crippen LogP contribution in [0, 0.1) is 6.92 Å². The molecule has 1 aliphatic heterocycles. The Morgan fingerprint density at radius 3 is 2.54 bits per heavy atom. The first-order chi connectivity index (χ1) is 12.3. The zero-order valence-electron chi connectivity index (χ0n) is 13.9. The van der Waals surface area contributed by atoms with Gasteiger partial charge in [0.15, 0.2) is 6.30 Å². The highest BCUT2D eigenvalue weighted by Crippen LogP contribution is 2.38. The number of nitrogens with one attached hydrogen (secondary N) is 1. The van der Waals surface area contributed by atoms with E-state index in [-0.39, 0.29) is 5.75 Å². The van der Waals surface area contributed by atoms with Gasteiger partial charge >= 0.3 is 6.36 Å². The second kappa shape index (κ2) is 6.02. The topological polar surface area (TPSA) is 26.2 Å². The minimum absolute atomic E-state index is 0.269. The molecule has 1 N–H and O–H groups in total. The van der Waals surface area contributed by atoms with Crippen molar-refractivity contribution in [3.05, 3.63) is 53.7 Å². The molecule has 26 heavy (non-hydrogen) atoms. The molecule has 1 atom stereocenters. The standard InChI is InChI=1S/C19H16F4N2O/c1-11-14-3-2-4-15(17(14)25-10-9-24-18(20)16(11)25)12-5-7-13(8-6-12)26-19(21,22)23/h2-8,18,24H,9-10H2,1H3. The highest BCUT2D eigenvalue weighted by Gasteiger charge is 2.31. The lowest BCUT2D eigenvalue weighted by molar-refractivity contribution is -0.274. The number of hydrogen-bond donors (Lipinski definition) is 1. The summed E-state index contributed by atoms with van der Waals surface area (Å²) < 4.78 is 57.3. The third-order valence-electron chi connectivity index (χ3n) is 4.68. The monoisotopic (exact) mass is 364 g/mol. The molecule has 0 saturated carbocycles. The summed E-state index contributed by atoms with van der Waals surface area (Å²) in [6.07, 6.45) is -5.95. The number of para-hydroxylation sites is 1. The highest BCUT2D eigenvalue weighted by molar-refractivity contribution is 5.97. The fourth-order valence-corrected chi connectivity index (χ4v) is 3.63. The van der Waals surface area contributed by atoms with Crippen LogP contribution >= 0.6 is 0 Å². The number of fused-ring (bicyclic) bond motifs is 3. The van der Waals surface area contributed by atoms with E-state index in [4.69, 9.17) is 0 Å². The van der Waals surface area contributed by atoms with Crippen molar-refractivity contribution in [3.8, 4) is 16.9 Å². The maximum atomic E-state index is 14.4. The Morgan fingerprint density at radius 2 is 1.85 bits per heavy atom. The number of rotatable bonds is 2. The predicted molar refractivity (Wildman–Crippen MR) is 90.6 cm³/mol. The molecule has 3 aromatic rings. The van der Waals surface area contributed by atoms with Crippen LogP contribution in [0.3, 0.4) is 0 Å². The number of nitrogens with zero attached hydrogens (tertiary/aromatic N) is 1. The molecule has 0 bridgehead atoms. The van der Waals surface area contributed by atoms with Gasteiger partial charge in [0.05, 0.1) is 11.2 Å². The van der Waals surface area contributed by atoms with E-state index >= 15 is 0 Å². The maximum Gasteiger partial charge on any atom is 0.573 e. The SMILES string of the molecule is Cc1c2n(c3c(-c4ccc(OC(F)(F)F)cc4)cccc13)CCNC2F. The normalized spacial score (nSPS) is 17.3. The largest absolute Gasteiger partial charge is 0.573 e. The second-order valence-corrected chi connectivity index (χ2v) is 6.25. The third-order valence-corrected chi connectivity index (χ3v) is 4.68. The first kappa shape index (κ1) is 16.9. The average molecular weight is 364 g/mol. The zero-order chi connectivity index (χ0) is 18.5. The van der Waals surface area contributed by atoms with Crippen molar-refractivity contribution in [2.45, 2.75) is 26.1 Å². The molecule has 0 saturated heterocycles. The Kier molecular flexibility index (Phi) is 3.91. The van der Waals surface area contributed by atoms with Gasteiger partial charge in [-0.3, -0.25) is 5.32 Å². The number of hydrogen-bond acceptors (Lipinski definition) is 2. The van der Waals surface area contributed by atoms with Gasteiger partial charge < -0.3 is 9.30 Å². The van der Waals surface area contributed by atoms with Crippen LogP contribution in [0.1, 0.15) is 17.6 Å². The number of halogens is 4. The van der Waals surface area contributed by atoms with Gasteiger partial charge in [-0.2, -0.15) is 0 Å².